The first-order valence-corrected chi connectivity index (χ1v) is 12.8. The van der Waals surface area contributed by atoms with E-state index < -0.39 is 16.1 Å². The van der Waals surface area contributed by atoms with Crippen LogP contribution in [0.25, 0.3) is 0 Å². The van der Waals surface area contributed by atoms with Gasteiger partial charge in [0.2, 0.25) is 0 Å². The third-order valence-electron chi connectivity index (χ3n) is 4.89. The summed E-state index contributed by atoms with van der Waals surface area (Å²) in [6.07, 6.45) is 2.24. The Bertz CT molecular complexity index is 863. The van der Waals surface area contributed by atoms with Crippen molar-refractivity contribution in [3.8, 4) is 0 Å². The van der Waals surface area contributed by atoms with Gasteiger partial charge in [0.25, 0.3) is 10.0 Å². The molecule has 1 aromatic carbocycles. The second-order valence-corrected chi connectivity index (χ2v) is 12.4. The van der Waals surface area contributed by atoms with Crippen LogP contribution in [0.2, 0.25) is 0 Å². The van der Waals surface area contributed by atoms with Crippen LogP contribution in [-0.4, -0.2) is 49.6 Å². The van der Waals surface area contributed by atoms with Gasteiger partial charge in [-0.1, -0.05) is 30.3 Å². The van der Waals surface area contributed by atoms with Crippen molar-refractivity contribution in [3.63, 3.8) is 0 Å². The maximum absolute atomic E-state index is 12.7. The maximum Gasteiger partial charge on any atom is 0.252 e. The fourth-order valence-corrected chi connectivity index (χ4v) is 6.57. The molecule has 0 aliphatic rings. The van der Waals surface area contributed by atoms with Gasteiger partial charge in [0.15, 0.2) is 0 Å². The smallest absolute Gasteiger partial charge is 0.252 e. The van der Waals surface area contributed by atoms with Crippen LogP contribution < -0.4 is 5.32 Å². The van der Waals surface area contributed by atoms with Gasteiger partial charge in [0, 0.05) is 35.0 Å². The molecule has 0 aliphatic heterocycles. The van der Waals surface area contributed by atoms with Gasteiger partial charge < -0.3 is 10.4 Å². The first-order valence-electron chi connectivity index (χ1n) is 9.70. The number of likely N-dealkylation sites (N-methyl/N-ethyl adjacent to an activating group) is 1. The van der Waals surface area contributed by atoms with Crippen LogP contribution in [-0.2, 0) is 16.4 Å². The number of hydrogen-bond donors (Lipinski definition) is 2. The lowest BCUT2D eigenvalue weighted by molar-refractivity contribution is 0.138. The van der Waals surface area contributed by atoms with E-state index >= 15 is 0 Å². The van der Waals surface area contributed by atoms with Crippen molar-refractivity contribution in [3.05, 3.63) is 51.3 Å². The molecule has 2 aromatic rings. The minimum Gasteiger partial charge on any atom is -0.390 e. The fraction of sp³-hybridized carbons (Fsp3) is 0.524. The molecule has 1 atom stereocenters. The molecular formula is C21H31BrN2O3S2. The summed E-state index contributed by atoms with van der Waals surface area (Å²) in [5.41, 5.74) is 1.19. The monoisotopic (exact) mass is 502 g/mol. The lowest BCUT2D eigenvalue weighted by Gasteiger charge is -2.29. The van der Waals surface area contributed by atoms with Crippen LogP contribution in [0.3, 0.4) is 0 Å². The van der Waals surface area contributed by atoms with Gasteiger partial charge in [0.1, 0.15) is 4.21 Å². The Balaban J connectivity index is 1.80. The zero-order chi connectivity index (χ0) is 21.7. The van der Waals surface area contributed by atoms with Gasteiger partial charge in [-0.25, -0.2) is 8.42 Å². The van der Waals surface area contributed by atoms with E-state index in [0.717, 1.165) is 28.6 Å². The quantitative estimate of drug-likeness (QED) is 0.483. The van der Waals surface area contributed by atoms with E-state index in [1.807, 2.05) is 13.0 Å². The van der Waals surface area contributed by atoms with Gasteiger partial charge in [-0.3, -0.25) is 0 Å². The molecule has 2 rings (SSSR count). The molecule has 0 fully saturated rings. The zero-order valence-corrected chi connectivity index (χ0v) is 20.7. The molecule has 29 heavy (non-hydrogen) atoms. The second-order valence-electron chi connectivity index (χ2n) is 8.01. The molecule has 1 aromatic heterocycles. The standard InChI is InChI=1S/C21H31BrN2O3S2/c1-16-19(22)13-20(28-16)29(26,27)24(4)15-18(25)14-23-21(2,3)12-8-11-17-9-6-5-7-10-17/h5-7,9-10,13,18,23,25H,8,11-12,14-15H2,1-4H3/t18-/m0/s1. The Hall–Kier alpha value is -0.770. The summed E-state index contributed by atoms with van der Waals surface area (Å²) in [7, 11) is -2.09. The molecule has 1 heterocycles. The predicted octanol–water partition coefficient (Wildman–Crippen LogP) is 4.19. The van der Waals surface area contributed by atoms with E-state index in [-0.39, 0.29) is 16.3 Å². The van der Waals surface area contributed by atoms with E-state index in [0.29, 0.717) is 6.54 Å². The number of aryl methyl sites for hydroxylation is 2. The predicted molar refractivity (Wildman–Crippen MR) is 124 cm³/mol. The number of thiophene rings is 1. The summed E-state index contributed by atoms with van der Waals surface area (Å²) in [6.45, 7) is 6.47. The third-order valence-corrected chi connectivity index (χ3v) is 9.30. The van der Waals surface area contributed by atoms with Crippen LogP contribution in [0.15, 0.2) is 45.1 Å². The molecule has 0 saturated heterocycles. The largest absolute Gasteiger partial charge is 0.390 e. The Morgan fingerprint density at radius 1 is 1.28 bits per heavy atom. The Morgan fingerprint density at radius 3 is 2.52 bits per heavy atom. The lowest BCUT2D eigenvalue weighted by Crippen LogP contribution is -2.46. The summed E-state index contributed by atoms with van der Waals surface area (Å²) in [5.74, 6) is 0. The Morgan fingerprint density at radius 2 is 1.93 bits per heavy atom. The number of benzene rings is 1. The van der Waals surface area contributed by atoms with Gasteiger partial charge in [0.05, 0.1) is 6.10 Å². The molecule has 8 heteroatoms. The average Bonchev–Trinajstić information content (AvgIpc) is 3.00. The molecule has 2 N–H and O–H groups in total. The fourth-order valence-electron chi connectivity index (χ4n) is 3.04. The Labute approximate surface area is 187 Å². The second kappa shape index (κ2) is 10.5. The van der Waals surface area contributed by atoms with E-state index in [4.69, 9.17) is 0 Å². The number of nitrogens with zero attached hydrogens (tertiary/aromatic N) is 1. The van der Waals surface area contributed by atoms with Gasteiger partial charge >= 0.3 is 0 Å². The lowest BCUT2D eigenvalue weighted by atomic mass is 9.95. The van der Waals surface area contributed by atoms with Crippen molar-refractivity contribution < 1.29 is 13.5 Å². The third kappa shape index (κ3) is 7.45. The van der Waals surface area contributed by atoms with Crippen LogP contribution in [0.1, 0.15) is 37.1 Å². The highest BCUT2D eigenvalue weighted by molar-refractivity contribution is 9.10. The summed E-state index contributed by atoms with van der Waals surface area (Å²) >= 11 is 4.59. The SMILES string of the molecule is Cc1sc(S(=O)(=O)N(C)C[C@@H](O)CNC(C)(C)CCCc2ccccc2)cc1Br. The van der Waals surface area contributed by atoms with Crippen molar-refractivity contribution in [1.29, 1.82) is 0 Å². The number of rotatable bonds is 11. The van der Waals surface area contributed by atoms with E-state index in [2.05, 4.69) is 59.4 Å². The number of halogens is 1. The van der Waals surface area contributed by atoms with Crippen LogP contribution in [0, 0.1) is 6.92 Å². The van der Waals surface area contributed by atoms with E-state index in [1.54, 1.807) is 6.07 Å². The first-order chi connectivity index (χ1) is 13.5. The number of hydrogen-bond acceptors (Lipinski definition) is 5. The first kappa shape index (κ1) is 24.5. The molecule has 0 aliphatic carbocycles. The summed E-state index contributed by atoms with van der Waals surface area (Å²) < 4.78 is 27.7. The minimum absolute atomic E-state index is 0.0456. The van der Waals surface area contributed by atoms with Gasteiger partial charge in [-0.2, -0.15) is 4.31 Å². The molecule has 0 spiro atoms. The van der Waals surface area contributed by atoms with Gasteiger partial charge in [-0.05, 0) is 67.6 Å². The molecule has 0 radical (unpaired) electrons. The highest BCUT2D eigenvalue weighted by Gasteiger charge is 2.26. The molecule has 0 saturated carbocycles. The van der Waals surface area contributed by atoms with Crippen LogP contribution >= 0.6 is 27.3 Å². The Kier molecular flexibility index (Phi) is 8.87. The van der Waals surface area contributed by atoms with Crippen molar-refractivity contribution in [2.45, 2.75) is 55.9 Å². The average molecular weight is 504 g/mol. The summed E-state index contributed by atoms with van der Waals surface area (Å²) in [6, 6.07) is 12.0. The topological polar surface area (TPSA) is 69.6 Å². The van der Waals surface area contributed by atoms with Crippen molar-refractivity contribution in [2.75, 3.05) is 20.1 Å². The normalized spacial score (nSPS) is 13.8. The maximum atomic E-state index is 12.7. The number of nitrogens with one attached hydrogen (secondary N) is 1. The molecular weight excluding hydrogens is 472 g/mol. The zero-order valence-electron chi connectivity index (χ0n) is 17.5. The van der Waals surface area contributed by atoms with Crippen molar-refractivity contribution in [2.24, 2.45) is 0 Å². The molecule has 5 nitrogen and oxygen atoms in total. The molecule has 0 amide bonds. The number of β-amino-alcohol motifs (C(OH)–C–C–N with tert-alkyl or cyclic N) is 1. The van der Waals surface area contributed by atoms with E-state index in [9.17, 15) is 13.5 Å². The number of sulfonamides is 1. The minimum atomic E-state index is -3.60. The van der Waals surface area contributed by atoms with Crippen molar-refractivity contribution in [1.82, 2.24) is 9.62 Å². The molecule has 0 unspecified atom stereocenters. The van der Waals surface area contributed by atoms with E-state index in [1.165, 1.54) is 28.3 Å². The molecule has 162 valence electrons. The van der Waals surface area contributed by atoms with Crippen LogP contribution in [0.4, 0.5) is 0 Å². The van der Waals surface area contributed by atoms with Crippen LogP contribution in [0.5, 0.6) is 0 Å². The highest BCUT2D eigenvalue weighted by Crippen LogP contribution is 2.31. The van der Waals surface area contributed by atoms with Crippen molar-refractivity contribution >= 4 is 37.3 Å². The molecule has 0 bridgehead atoms. The number of aliphatic hydroxyl groups excluding tert-OH is 1. The van der Waals surface area contributed by atoms with Gasteiger partial charge in [-0.15, -0.1) is 11.3 Å². The summed E-state index contributed by atoms with van der Waals surface area (Å²) in [5, 5.41) is 13.8. The number of aliphatic hydroxyl groups is 1. The summed E-state index contributed by atoms with van der Waals surface area (Å²) in [4.78, 5) is 0.913. The highest BCUT2D eigenvalue weighted by atomic mass is 79.9.